The Labute approximate surface area is 126 Å². The van der Waals surface area contributed by atoms with Crippen LogP contribution in [0.3, 0.4) is 0 Å². The fourth-order valence-electron chi connectivity index (χ4n) is 1.76. The predicted molar refractivity (Wildman–Crippen MR) is 78.6 cm³/mol. The van der Waals surface area contributed by atoms with Gasteiger partial charge < -0.3 is 10.2 Å². The van der Waals surface area contributed by atoms with Gasteiger partial charge in [-0.25, -0.2) is 0 Å². The van der Waals surface area contributed by atoms with Crippen molar-refractivity contribution in [1.82, 2.24) is 10.2 Å². The number of hydrogen-bond donors (Lipinski definition) is 1. The van der Waals surface area contributed by atoms with Gasteiger partial charge in [-0.2, -0.15) is 13.2 Å². The van der Waals surface area contributed by atoms with Crippen molar-refractivity contribution in [3.05, 3.63) is 35.4 Å². The SMILES string of the molecule is CN1CCN=C1NCc1cccc(C(F)(F)F)c1.I. The molecule has 1 N–H and O–H groups in total. The maximum Gasteiger partial charge on any atom is 0.416 e. The molecule has 0 unspecified atom stereocenters. The van der Waals surface area contributed by atoms with E-state index in [4.69, 9.17) is 0 Å². The summed E-state index contributed by atoms with van der Waals surface area (Å²) in [5, 5.41) is 3.03. The fraction of sp³-hybridized carbons (Fsp3) is 0.417. The molecule has 0 radical (unpaired) electrons. The highest BCUT2D eigenvalue weighted by Crippen LogP contribution is 2.29. The molecule has 0 amide bonds. The average molecular weight is 385 g/mol. The molecule has 0 saturated heterocycles. The first-order valence-corrected chi connectivity index (χ1v) is 5.62. The highest BCUT2D eigenvalue weighted by atomic mass is 127. The van der Waals surface area contributed by atoms with Crippen LogP contribution >= 0.6 is 24.0 Å². The molecule has 0 aliphatic carbocycles. The molecule has 0 saturated carbocycles. The number of alkyl halides is 3. The number of aliphatic imine (C=N–C) groups is 1. The Hall–Kier alpha value is -0.990. The zero-order chi connectivity index (χ0) is 13.2. The van der Waals surface area contributed by atoms with Crippen molar-refractivity contribution in [1.29, 1.82) is 0 Å². The molecule has 19 heavy (non-hydrogen) atoms. The maximum absolute atomic E-state index is 12.5. The number of rotatable bonds is 2. The van der Waals surface area contributed by atoms with E-state index < -0.39 is 11.7 Å². The first kappa shape index (κ1) is 16.1. The second-order valence-electron chi connectivity index (χ2n) is 4.18. The summed E-state index contributed by atoms with van der Waals surface area (Å²) in [6, 6.07) is 5.31. The maximum atomic E-state index is 12.5. The van der Waals surface area contributed by atoms with Crippen molar-refractivity contribution in [2.75, 3.05) is 20.1 Å². The van der Waals surface area contributed by atoms with E-state index >= 15 is 0 Å². The van der Waals surface area contributed by atoms with Crippen LogP contribution in [0.25, 0.3) is 0 Å². The molecule has 0 aromatic heterocycles. The minimum absolute atomic E-state index is 0. The van der Waals surface area contributed by atoms with E-state index in [1.165, 1.54) is 6.07 Å². The van der Waals surface area contributed by atoms with Gasteiger partial charge in [0.05, 0.1) is 12.1 Å². The summed E-state index contributed by atoms with van der Waals surface area (Å²) in [7, 11) is 1.89. The van der Waals surface area contributed by atoms with Crippen LogP contribution in [0.2, 0.25) is 0 Å². The summed E-state index contributed by atoms with van der Waals surface area (Å²) < 4.78 is 37.6. The normalized spacial score (nSPS) is 14.9. The molecule has 1 aromatic rings. The van der Waals surface area contributed by atoms with Gasteiger partial charge in [0.2, 0.25) is 0 Å². The zero-order valence-corrected chi connectivity index (χ0v) is 12.7. The van der Waals surface area contributed by atoms with Gasteiger partial charge in [-0.05, 0) is 17.7 Å². The highest BCUT2D eigenvalue weighted by Gasteiger charge is 2.30. The summed E-state index contributed by atoms with van der Waals surface area (Å²) in [6.45, 7) is 1.90. The first-order chi connectivity index (χ1) is 8.47. The van der Waals surface area contributed by atoms with Crippen molar-refractivity contribution in [3.63, 3.8) is 0 Å². The van der Waals surface area contributed by atoms with Gasteiger partial charge in [-0.1, -0.05) is 12.1 Å². The Bertz CT molecular complexity index is 460. The largest absolute Gasteiger partial charge is 0.416 e. The monoisotopic (exact) mass is 385 g/mol. The summed E-state index contributed by atoms with van der Waals surface area (Å²) in [5.41, 5.74) is -0.0312. The third-order valence-corrected chi connectivity index (χ3v) is 2.76. The van der Waals surface area contributed by atoms with Crippen LogP contribution in [-0.2, 0) is 12.7 Å². The number of halogens is 4. The average Bonchev–Trinajstić information content (AvgIpc) is 2.72. The lowest BCUT2D eigenvalue weighted by Crippen LogP contribution is -2.35. The third kappa shape index (κ3) is 4.26. The van der Waals surface area contributed by atoms with Crippen LogP contribution in [0, 0.1) is 0 Å². The molecule has 0 spiro atoms. The minimum Gasteiger partial charge on any atom is -0.352 e. The number of nitrogens with zero attached hydrogens (tertiary/aromatic N) is 2. The summed E-state index contributed by atoms with van der Waals surface area (Å²) in [5.74, 6) is 0.729. The lowest BCUT2D eigenvalue weighted by molar-refractivity contribution is -0.137. The second-order valence-corrected chi connectivity index (χ2v) is 4.18. The van der Waals surface area contributed by atoms with Crippen molar-refractivity contribution < 1.29 is 13.2 Å². The molecular weight excluding hydrogens is 370 g/mol. The smallest absolute Gasteiger partial charge is 0.352 e. The minimum atomic E-state index is -4.29. The van der Waals surface area contributed by atoms with E-state index in [-0.39, 0.29) is 24.0 Å². The molecule has 0 bridgehead atoms. The van der Waals surface area contributed by atoms with Gasteiger partial charge in [-0.15, -0.1) is 24.0 Å². The number of benzene rings is 1. The molecule has 1 aromatic carbocycles. The van der Waals surface area contributed by atoms with Gasteiger partial charge in [0, 0.05) is 20.1 Å². The predicted octanol–water partition coefficient (Wildman–Crippen LogP) is 2.71. The molecule has 1 aliphatic heterocycles. The number of likely N-dealkylation sites (N-methyl/N-ethyl adjacent to an activating group) is 1. The molecule has 0 fully saturated rings. The second kappa shape index (κ2) is 6.44. The van der Waals surface area contributed by atoms with Crippen LogP contribution in [0.1, 0.15) is 11.1 Å². The number of nitrogens with one attached hydrogen (secondary N) is 1. The fourth-order valence-corrected chi connectivity index (χ4v) is 1.76. The Balaban J connectivity index is 0.00000180. The molecule has 106 valence electrons. The molecular formula is C12H15F3IN3. The van der Waals surface area contributed by atoms with Gasteiger partial charge in [0.15, 0.2) is 5.96 Å². The number of guanidine groups is 1. The van der Waals surface area contributed by atoms with E-state index in [1.54, 1.807) is 6.07 Å². The summed E-state index contributed by atoms with van der Waals surface area (Å²) >= 11 is 0. The molecule has 1 aliphatic rings. The Morgan fingerprint density at radius 1 is 1.37 bits per heavy atom. The van der Waals surface area contributed by atoms with E-state index in [1.807, 2.05) is 11.9 Å². The van der Waals surface area contributed by atoms with Gasteiger partial charge in [0.1, 0.15) is 0 Å². The Kier molecular flexibility index (Phi) is 5.45. The van der Waals surface area contributed by atoms with Crippen molar-refractivity contribution in [3.8, 4) is 0 Å². The quantitative estimate of drug-likeness (QED) is 0.794. The van der Waals surface area contributed by atoms with Crippen molar-refractivity contribution in [2.45, 2.75) is 12.7 Å². The van der Waals surface area contributed by atoms with E-state index in [0.717, 1.165) is 31.2 Å². The van der Waals surface area contributed by atoms with Crippen molar-refractivity contribution >= 4 is 29.9 Å². The van der Waals surface area contributed by atoms with Crippen LogP contribution in [0.4, 0.5) is 13.2 Å². The molecule has 1 heterocycles. The van der Waals surface area contributed by atoms with Gasteiger partial charge in [0.25, 0.3) is 0 Å². The zero-order valence-electron chi connectivity index (χ0n) is 10.4. The lowest BCUT2D eigenvalue weighted by atomic mass is 10.1. The summed E-state index contributed by atoms with van der Waals surface area (Å²) in [6.07, 6.45) is -4.29. The standard InChI is InChI=1S/C12H14F3N3.HI/c1-18-6-5-16-11(18)17-8-9-3-2-4-10(7-9)12(13,14)15;/h2-4,7H,5-6,8H2,1H3,(H,16,17);1H. The molecule has 3 nitrogen and oxygen atoms in total. The van der Waals surface area contributed by atoms with E-state index in [0.29, 0.717) is 12.1 Å². The van der Waals surface area contributed by atoms with Crippen LogP contribution < -0.4 is 5.32 Å². The first-order valence-electron chi connectivity index (χ1n) is 5.62. The molecule has 0 atom stereocenters. The Morgan fingerprint density at radius 3 is 2.68 bits per heavy atom. The molecule has 2 rings (SSSR count). The van der Waals surface area contributed by atoms with Gasteiger partial charge in [-0.3, -0.25) is 4.99 Å². The van der Waals surface area contributed by atoms with Crippen LogP contribution in [0.15, 0.2) is 29.3 Å². The summed E-state index contributed by atoms with van der Waals surface area (Å²) in [4.78, 5) is 6.15. The van der Waals surface area contributed by atoms with Gasteiger partial charge >= 0.3 is 6.18 Å². The number of hydrogen-bond acceptors (Lipinski definition) is 3. The van der Waals surface area contributed by atoms with Crippen molar-refractivity contribution in [2.24, 2.45) is 4.99 Å². The van der Waals surface area contributed by atoms with Crippen LogP contribution in [-0.4, -0.2) is 31.0 Å². The molecule has 7 heteroatoms. The topological polar surface area (TPSA) is 27.6 Å². The third-order valence-electron chi connectivity index (χ3n) is 2.76. The lowest BCUT2D eigenvalue weighted by Gasteiger charge is -2.15. The Morgan fingerprint density at radius 2 is 2.11 bits per heavy atom. The van der Waals surface area contributed by atoms with E-state index in [9.17, 15) is 13.2 Å². The highest BCUT2D eigenvalue weighted by molar-refractivity contribution is 14.0. The van der Waals surface area contributed by atoms with Crippen LogP contribution in [0.5, 0.6) is 0 Å². The van der Waals surface area contributed by atoms with E-state index in [2.05, 4.69) is 10.3 Å².